The van der Waals surface area contributed by atoms with Crippen molar-refractivity contribution in [3.63, 3.8) is 0 Å². The molecule has 4 rings (SSSR count). The molecule has 3 aromatic carbocycles. The Labute approximate surface area is 178 Å². The van der Waals surface area contributed by atoms with Gasteiger partial charge in [0.15, 0.2) is 0 Å². The van der Waals surface area contributed by atoms with Gasteiger partial charge in [0, 0.05) is 22.6 Å². The molecule has 0 saturated heterocycles. The molecule has 1 aromatic heterocycles. The van der Waals surface area contributed by atoms with Crippen molar-refractivity contribution in [1.82, 2.24) is 4.98 Å². The summed E-state index contributed by atoms with van der Waals surface area (Å²) in [7, 11) is 3.15. The number of pyridine rings is 1. The first kappa shape index (κ1) is 20.1. The largest absolute Gasteiger partial charge is 0.497 e. The minimum absolute atomic E-state index is 0.234. The number of rotatable bonds is 6. The maximum absolute atomic E-state index is 13.4. The minimum Gasteiger partial charge on any atom is -0.497 e. The third-order valence-corrected chi connectivity index (χ3v) is 4.90. The summed E-state index contributed by atoms with van der Waals surface area (Å²) >= 11 is 0. The summed E-state index contributed by atoms with van der Waals surface area (Å²) in [6.07, 6.45) is 0. The molecule has 0 aliphatic heterocycles. The van der Waals surface area contributed by atoms with E-state index in [1.54, 1.807) is 74.9 Å². The van der Waals surface area contributed by atoms with Gasteiger partial charge in [0.05, 0.1) is 25.4 Å². The lowest BCUT2D eigenvalue weighted by atomic mass is 10.00. The number of carbonyl (C=O) groups excluding carboxylic acids is 1. The number of ketones is 1. The van der Waals surface area contributed by atoms with Crippen LogP contribution >= 0.6 is 0 Å². The molecule has 0 fully saturated rings. The van der Waals surface area contributed by atoms with E-state index in [9.17, 15) is 9.59 Å². The molecule has 0 amide bonds. The molecule has 0 saturated carbocycles. The minimum atomic E-state index is -0.247. The molecule has 154 valence electrons. The summed E-state index contributed by atoms with van der Waals surface area (Å²) in [6, 6.07) is 22.6. The van der Waals surface area contributed by atoms with E-state index in [1.807, 2.05) is 12.1 Å². The molecule has 0 radical (unpaired) electrons. The maximum atomic E-state index is 13.4. The number of methoxy groups -OCH3 is 2. The van der Waals surface area contributed by atoms with Crippen molar-refractivity contribution in [2.45, 2.75) is 0 Å². The normalized spacial score (nSPS) is 11.4. The Balaban J connectivity index is 1.88. The number of aromatic amines is 1. The van der Waals surface area contributed by atoms with Crippen molar-refractivity contribution < 1.29 is 14.3 Å². The van der Waals surface area contributed by atoms with Gasteiger partial charge in [0.25, 0.3) is 0 Å². The second kappa shape index (κ2) is 8.67. The third kappa shape index (κ3) is 4.23. The summed E-state index contributed by atoms with van der Waals surface area (Å²) in [4.78, 5) is 32.8. The van der Waals surface area contributed by atoms with Crippen molar-refractivity contribution >= 4 is 28.1 Å². The van der Waals surface area contributed by atoms with E-state index >= 15 is 0 Å². The molecule has 1 heterocycles. The fourth-order valence-corrected chi connectivity index (χ4v) is 3.25. The van der Waals surface area contributed by atoms with Gasteiger partial charge in [0.2, 0.25) is 11.3 Å². The zero-order valence-corrected chi connectivity index (χ0v) is 17.1. The highest BCUT2D eigenvalue weighted by Crippen LogP contribution is 2.25. The molecule has 31 heavy (non-hydrogen) atoms. The molecule has 0 bridgehead atoms. The molecule has 0 unspecified atom stereocenters. The lowest BCUT2D eigenvalue weighted by Gasteiger charge is -2.10. The third-order valence-electron chi connectivity index (χ3n) is 4.90. The van der Waals surface area contributed by atoms with E-state index in [2.05, 4.69) is 4.98 Å². The monoisotopic (exact) mass is 412 g/mol. The zero-order valence-electron chi connectivity index (χ0n) is 17.1. The van der Waals surface area contributed by atoms with Crippen LogP contribution in [0.3, 0.4) is 0 Å². The summed E-state index contributed by atoms with van der Waals surface area (Å²) in [6.45, 7) is 0. The SMILES string of the molecule is COc1ccc(C(=O)C(=Nc2cccc3ccc(=O)[nH]c23)c2ccc(OC)cc2)cc1. The number of Topliss-reactive ketones (excluding diaryl/α,β-unsaturated/α-hetero) is 1. The molecule has 0 aliphatic carbocycles. The van der Waals surface area contributed by atoms with Gasteiger partial charge in [-0.2, -0.15) is 0 Å². The summed E-state index contributed by atoms with van der Waals surface area (Å²) in [5.41, 5.74) is 2.21. The topological polar surface area (TPSA) is 80.8 Å². The number of aliphatic imine (C=N–C) groups is 1. The Hall–Kier alpha value is -4.19. The smallest absolute Gasteiger partial charge is 0.248 e. The lowest BCUT2D eigenvalue weighted by Crippen LogP contribution is -2.16. The molecule has 4 aromatic rings. The fraction of sp³-hybridized carbons (Fsp3) is 0.0800. The second-order valence-corrected chi connectivity index (χ2v) is 6.81. The van der Waals surface area contributed by atoms with Crippen LogP contribution in [0.25, 0.3) is 10.9 Å². The Morgan fingerprint density at radius 2 is 1.39 bits per heavy atom. The number of nitrogens with zero attached hydrogens (tertiary/aromatic N) is 1. The van der Waals surface area contributed by atoms with Gasteiger partial charge in [-0.05, 0) is 60.7 Å². The van der Waals surface area contributed by atoms with Crippen LogP contribution in [0.4, 0.5) is 5.69 Å². The first-order valence-electron chi connectivity index (χ1n) is 9.63. The Bertz CT molecular complexity index is 1320. The quantitative estimate of drug-likeness (QED) is 0.372. The summed E-state index contributed by atoms with van der Waals surface area (Å²) < 4.78 is 10.4. The standard InChI is InChI=1S/C25H20N2O4/c1-30-19-11-6-17(7-12-19)24(25(29)18-8-13-20(31-2)14-9-18)26-21-5-3-4-16-10-15-22(28)27-23(16)21/h3-15H,1-2H3,(H,27,28). The van der Waals surface area contributed by atoms with Crippen LogP contribution in [0.2, 0.25) is 0 Å². The number of benzene rings is 3. The molecule has 1 N–H and O–H groups in total. The Morgan fingerprint density at radius 1 is 0.774 bits per heavy atom. The molecular formula is C25H20N2O4. The van der Waals surface area contributed by atoms with Crippen LogP contribution in [-0.2, 0) is 0 Å². The maximum Gasteiger partial charge on any atom is 0.248 e. The van der Waals surface area contributed by atoms with Crippen molar-refractivity contribution in [3.05, 3.63) is 100 Å². The van der Waals surface area contributed by atoms with E-state index in [0.717, 1.165) is 5.39 Å². The number of hydrogen-bond acceptors (Lipinski definition) is 5. The Kier molecular flexibility index (Phi) is 5.62. The number of para-hydroxylation sites is 1. The molecule has 6 nitrogen and oxygen atoms in total. The van der Waals surface area contributed by atoms with Gasteiger partial charge in [-0.15, -0.1) is 0 Å². The van der Waals surface area contributed by atoms with E-state index in [0.29, 0.717) is 33.8 Å². The van der Waals surface area contributed by atoms with E-state index < -0.39 is 0 Å². The van der Waals surface area contributed by atoms with Crippen LogP contribution < -0.4 is 15.0 Å². The average molecular weight is 412 g/mol. The second-order valence-electron chi connectivity index (χ2n) is 6.81. The highest BCUT2D eigenvalue weighted by Gasteiger charge is 2.18. The van der Waals surface area contributed by atoms with Gasteiger partial charge in [0.1, 0.15) is 17.2 Å². The van der Waals surface area contributed by atoms with E-state index in [1.165, 1.54) is 6.07 Å². The highest BCUT2D eigenvalue weighted by atomic mass is 16.5. The number of hydrogen-bond donors (Lipinski definition) is 1. The van der Waals surface area contributed by atoms with Gasteiger partial charge >= 0.3 is 0 Å². The predicted molar refractivity (Wildman–Crippen MR) is 121 cm³/mol. The number of fused-ring (bicyclic) bond motifs is 1. The summed E-state index contributed by atoms with van der Waals surface area (Å²) in [5, 5.41) is 0.826. The number of nitrogens with one attached hydrogen (secondary N) is 1. The van der Waals surface area contributed by atoms with Crippen molar-refractivity contribution in [1.29, 1.82) is 0 Å². The number of aromatic nitrogens is 1. The first-order valence-corrected chi connectivity index (χ1v) is 9.63. The van der Waals surface area contributed by atoms with E-state index in [4.69, 9.17) is 14.5 Å². The van der Waals surface area contributed by atoms with E-state index in [-0.39, 0.29) is 17.1 Å². The Morgan fingerprint density at radius 3 is 2.00 bits per heavy atom. The molecule has 0 atom stereocenters. The molecule has 0 aliphatic rings. The van der Waals surface area contributed by atoms with Crippen LogP contribution in [0, 0.1) is 0 Å². The zero-order chi connectivity index (χ0) is 21.8. The van der Waals surface area contributed by atoms with Crippen LogP contribution in [0.15, 0.2) is 88.6 Å². The lowest BCUT2D eigenvalue weighted by molar-refractivity contribution is 0.106. The molecular weight excluding hydrogens is 392 g/mol. The molecule has 0 spiro atoms. The fourth-order valence-electron chi connectivity index (χ4n) is 3.25. The van der Waals surface area contributed by atoms with Crippen molar-refractivity contribution in [3.8, 4) is 11.5 Å². The first-order chi connectivity index (χ1) is 15.1. The average Bonchev–Trinajstić information content (AvgIpc) is 2.82. The van der Waals surface area contributed by atoms with Gasteiger partial charge in [-0.1, -0.05) is 12.1 Å². The van der Waals surface area contributed by atoms with Gasteiger partial charge in [-0.25, -0.2) is 4.99 Å². The van der Waals surface area contributed by atoms with Gasteiger partial charge in [-0.3, -0.25) is 9.59 Å². The predicted octanol–water partition coefficient (Wildman–Crippen LogP) is 4.55. The van der Waals surface area contributed by atoms with Crippen molar-refractivity contribution in [2.24, 2.45) is 4.99 Å². The van der Waals surface area contributed by atoms with Crippen molar-refractivity contribution in [2.75, 3.05) is 14.2 Å². The van der Waals surface area contributed by atoms with Crippen LogP contribution in [0.1, 0.15) is 15.9 Å². The highest BCUT2D eigenvalue weighted by molar-refractivity contribution is 6.52. The summed E-state index contributed by atoms with van der Waals surface area (Å²) in [5.74, 6) is 1.09. The van der Waals surface area contributed by atoms with Crippen LogP contribution in [0.5, 0.6) is 11.5 Å². The number of carbonyl (C=O) groups is 1. The molecule has 6 heteroatoms. The number of ether oxygens (including phenoxy) is 2. The van der Waals surface area contributed by atoms with Gasteiger partial charge < -0.3 is 14.5 Å². The van der Waals surface area contributed by atoms with Crippen LogP contribution in [-0.4, -0.2) is 30.7 Å². The number of H-pyrrole nitrogens is 1.